The number of esters is 1. The third-order valence-electron chi connectivity index (χ3n) is 4.69. The lowest BCUT2D eigenvalue weighted by Gasteiger charge is -2.27. The van der Waals surface area contributed by atoms with Crippen LogP contribution in [0.25, 0.3) is 0 Å². The average Bonchev–Trinajstić information content (AvgIpc) is 2.79. The minimum absolute atomic E-state index is 0. The maximum Gasteiger partial charge on any atom is 0.360 e. The van der Waals surface area contributed by atoms with E-state index >= 15 is 0 Å². The molecule has 0 bridgehead atoms. The Hall–Kier alpha value is -2.49. The summed E-state index contributed by atoms with van der Waals surface area (Å²) in [6, 6.07) is 31.0. The van der Waals surface area contributed by atoms with Crippen molar-refractivity contribution in [1.82, 2.24) is 0 Å². The predicted octanol–water partition coefficient (Wildman–Crippen LogP) is 0.550. The number of rotatable bonds is 8. The molecule has 0 atom stereocenters. The van der Waals surface area contributed by atoms with Crippen LogP contribution in [0.2, 0.25) is 0 Å². The Bertz CT molecular complexity index is 853. The highest BCUT2D eigenvalue weighted by molar-refractivity contribution is 7.96. The molecule has 0 radical (unpaired) electrons. The van der Waals surface area contributed by atoms with E-state index in [1.54, 1.807) is 6.92 Å². The predicted molar refractivity (Wildman–Crippen MR) is 121 cm³/mol. The van der Waals surface area contributed by atoms with Gasteiger partial charge < -0.3 is 26.6 Å². The Morgan fingerprint density at radius 1 is 0.800 bits per heavy atom. The summed E-state index contributed by atoms with van der Waals surface area (Å²) in [5.41, 5.74) is 0.291. The van der Waals surface area contributed by atoms with Crippen LogP contribution < -0.4 is 32.9 Å². The maximum absolute atomic E-state index is 12.7. The molecule has 156 valence electrons. The Kier molecular flexibility index (Phi) is 9.22. The van der Waals surface area contributed by atoms with E-state index in [0.717, 1.165) is 0 Å². The topological polar surface area (TPSA) is 47.9 Å². The number of carbonyl (C=O) groups is 1. The van der Waals surface area contributed by atoms with Crippen molar-refractivity contribution in [1.29, 1.82) is 0 Å². The van der Waals surface area contributed by atoms with E-state index in [-0.39, 0.29) is 23.6 Å². The lowest BCUT2D eigenvalue weighted by molar-refractivity contribution is -0.135. The van der Waals surface area contributed by atoms with Gasteiger partial charge in [-0.05, 0) is 43.3 Å². The highest BCUT2D eigenvalue weighted by Gasteiger charge is 2.48. The van der Waals surface area contributed by atoms with Gasteiger partial charge >= 0.3 is 5.97 Å². The van der Waals surface area contributed by atoms with Gasteiger partial charge in [-0.1, -0.05) is 59.8 Å². The van der Waals surface area contributed by atoms with Crippen molar-refractivity contribution in [3.05, 3.63) is 91.0 Å². The number of halogens is 1. The number of carbonyl (C=O) groups excluding carboxylic acids is 1. The average molecular weight is 486 g/mol. The monoisotopic (exact) mass is 485 g/mol. The normalized spacial score (nSPS) is 11.3. The molecule has 6 heteroatoms. The third kappa shape index (κ3) is 5.16. The highest BCUT2D eigenvalue weighted by atomic mass is 79.9. The van der Waals surface area contributed by atoms with Gasteiger partial charge in [-0.3, -0.25) is 0 Å². The first kappa shape index (κ1) is 23.8. The molecule has 0 aliphatic rings. The molecule has 3 rings (SSSR count). The first-order valence-electron chi connectivity index (χ1n) is 9.54. The fraction of sp³-hybridized carbons (Fsp3) is 0.167. The van der Waals surface area contributed by atoms with E-state index < -0.39 is 13.2 Å². The van der Waals surface area contributed by atoms with Gasteiger partial charge in [0.15, 0.2) is 0 Å². The molecule has 0 fully saturated rings. The summed E-state index contributed by atoms with van der Waals surface area (Å²) in [5, 5.41) is 7.59. The lowest BCUT2D eigenvalue weighted by atomic mass is 10.3. The molecule has 0 aliphatic heterocycles. The van der Waals surface area contributed by atoms with Crippen LogP contribution in [0.15, 0.2) is 96.2 Å². The zero-order chi connectivity index (χ0) is 20.5. The fourth-order valence-corrected chi connectivity index (χ4v) is 7.57. The summed E-state index contributed by atoms with van der Waals surface area (Å²) in [6.07, 6.45) is 0.414. The molecule has 0 aromatic heterocycles. The molecular weight excluding hydrogens is 461 g/mol. The Morgan fingerprint density at radius 2 is 1.20 bits per heavy atom. The van der Waals surface area contributed by atoms with E-state index in [0.29, 0.717) is 11.9 Å². The number of hydrogen-bond donors (Lipinski definition) is 0. The van der Waals surface area contributed by atoms with E-state index in [2.05, 4.69) is 41.6 Å². The van der Waals surface area contributed by atoms with E-state index in [9.17, 15) is 4.79 Å². The number of benzene rings is 3. The van der Waals surface area contributed by atoms with Gasteiger partial charge in [0.25, 0.3) is 0 Å². The molecule has 0 spiro atoms. The summed E-state index contributed by atoms with van der Waals surface area (Å²) < 4.78 is 5.28. The van der Waals surface area contributed by atoms with Gasteiger partial charge in [0, 0.05) is 0 Å². The summed E-state index contributed by atoms with van der Waals surface area (Å²) >= 11 is 0. The fourth-order valence-electron chi connectivity index (χ4n) is 3.45. The number of nitrogens with zero attached hydrogens (tertiary/aromatic N) is 1. The van der Waals surface area contributed by atoms with Crippen LogP contribution in [0.4, 0.5) is 0 Å². The van der Waals surface area contributed by atoms with Crippen molar-refractivity contribution in [2.75, 3.05) is 19.9 Å². The first-order chi connectivity index (χ1) is 14.2. The van der Waals surface area contributed by atoms with E-state index in [1.165, 1.54) is 23.0 Å². The summed E-state index contributed by atoms with van der Waals surface area (Å²) in [5.74, 6) is -0.443. The molecule has 3 aromatic rings. The van der Waals surface area contributed by atoms with Crippen LogP contribution >= 0.6 is 7.26 Å². The molecule has 30 heavy (non-hydrogen) atoms. The lowest BCUT2D eigenvalue weighted by Crippen LogP contribution is -3.00. The Morgan fingerprint density at radius 3 is 1.53 bits per heavy atom. The molecule has 0 heterocycles. The van der Waals surface area contributed by atoms with Gasteiger partial charge in [-0.25, -0.2) is 4.79 Å². The molecule has 3 aromatic carbocycles. The molecule has 0 unspecified atom stereocenters. The van der Waals surface area contributed by atoms with Crippen LogP contribution in [-0.2, 0) is 14.4 Å². The van der Waals surface area contributed by atoms with Crippen molar-refractivity contribution >= 4 is 34.9 Å². The molecule has 0 amide bonds. The molecule has 0 N–H and O–H groups in total. The van der Waals surface area contributed by atoms with Gasteiger partial charge in [-0.2, -0.15) is 0 Å². The van der Waals surface area contributed by atoms with Gasteiger partial charge in [0.1, 0.15) is 36.4 Å². The van der Waals surface area contributed by atoms with Crippen molar-refractivity contribution in [2.24, 2.45) is 5.16 Å². The second kappa shape index (κ2) is 11.6. The number of hydrogen-bond acceptors (Lipinski definition) is 4. The van der Waals surface area contributed by atoms with E-state index in [4.69, 9.17) is 9.57 Å². The summed E-state index contributed by atoms with van der Waals surface area (Å²) in [4.78, 5) is 17.7. The minimum Gasteiger partial charge on any atom is -1.00 e. The summed E-state index contributed by atoms with van der Waals surface area (Å²) in [6.45, 7) is 2.07. The van der Waals surface area contributed by atoms with Gasteiger partial charge in [-0.15, -0.1) is 0 Å². The standard InChI is InChI=1S/C24H25NO3P.BrH/c1-3-28-24(26)23(25-27-2)19-29(20-13-7-4-8-14-20,21-15-9-5-10-16-21)22-17-11-6-12-18-22;/h4-18H,3,19H2,1-2H3;1H/q+1;/p-1. The summed E-state index contributed by atoms with van der Waals surface area (Å²) in [7, 11) is -0.777. The van der Waals surface area contributed by atoms with Crippen molar-refractivity contribution < 1.29 is 31.4 Å². The highest BCUT2D eigenvalue weighted by Crippen LogP contribution is 2.55. The van der Waals surface area contributed by atoms with Crippen molar-refractivity contribution in [3.8, 4) is 0 Å². The second-order valence-electron chi connectivity index (χ2n) is 6.42. The van der Waals surface area contributed by atoms with Crippen LogP contribution in [-0.4, -0.2) is 31.6 Å². The van der Waals surface area contributed by atoms with Crippen LogP contribution in [0, 0.1) is 0 Å². The van der Waals surface area contributed by atoms with Crippen LogP contribution in [0.1, 0.15) is 6.92 Å². The molecular formula is C24H25BrNO3P. The molecule has 0 aliphatic carbocycles. The number of oxime groups is 1. The maximum atomic E-state index is 12.7. The molecule has 0 saturated carbocycles. The SMILES string of the molecule is CCOC(=O)C(C[P+](c1ccccc1)(c1ccccc1)c1ccccc1)=NOC.[Br-]. The smallest absolute Gasteiger partial charge is 0.360 e. The number of ether oxygens (including phenoxy) is 1. The van der Waals surface area contributed by atoms with Crippen LogP contribution in [0.5, 0.6) is 0 Å². The van der Waals surface area contributed by atoms with Gasteiger partial charge in [0.05, 0.1) is 6.61 Å². The quantitative estimate of drug-likeness (QED) is 0.202. The zero-order valence-electron chi connectivity index (χ0n) is 17.1. The molecule has 0 saturated heterocycles. The van der Waals surface area contributed by atoms with E-state index in [1.807, 2.05) is 54.6 Å². The third-order valence-corrected chi connectivity index (χ3v) is 9.00. The second-order valence-corrected chi connectivity index (χ2v) is 9.90. The molecule has 4 nitrogen and oxygen atoms in total. The van der Waals surface area contributed by atoms with Gasteiger partial charge in [0.2, 0.25) is 5.71 Å². The Balaban J connectivity index is 0.00000320. The van der Waals surface area contributed by atoms with Crippen LogP contribution in [0.3, 0.4) is 0 Å². The van der Waals surface area contributed by atoms with Crippen molar-refractivity contribution in [3.63, 3.8) is 0 Å². The zero-order valence-corrected chi connectivity index (χ0v) is 19.6. The van der Waals surface area contributed by atoms with Crippen molar-refractivity contribution in [2.45, 2.75) is 6.92 Å². The Labute approximate surface area is 189 Å². The minimum atomic E-state index is -2.23. The largest absolute Gasteiger partial charge is 1.00 e. The first-order valence-corrected chi connectivity index (χ1v) is 11.5.